The van der Waals surface area contributed by atoms with Crippen LogP contribution in [0.1, 0.15) is 22.3 Å². The van der Waals surface area contributed by atoms with E-state index >= 15 is 0 Å². The summed E-state index contributed by atoms with van der Waals surface area (Å²) < 4.78 is 13.2. The Labute approximate surface area is 397 Å². The molecule has 9 aromatic carbocycles. The van der Waals surface area contributed by atoms with Gasteiger partial charge in [0.1, 0.15) is 28.3 Å². The van der Waals surface area contributed by atoms with Gasteiger partial charge < -0.3 is 9.15 Å². The van der Waals surface area contributed by atoms with Crippen LogP contribution in [-0.4, -0.2) is 24.9 Å². The molecular weight excluding hydrogens is 847 g/mol. The maximum absolute atomic E-state index is 6.79. The third kappa shape index (κ3) is 5.97. The van der Waals surface area contributed by atoms with Gasteiger partial charge in [0.25, 0.3) is 0 Å². The standard InChI is InChI=1S/C62H37N5O2/c1-4-18-39(19-5-1)55-57-56(44-24-10-13-31-50(44)69-57)64-58(63-55)42-36-34-38(35-37-42)43-25-16-26-45-53-46(61-66-59(40-20-6-2-7-21-40)65-60(67-61)41-22-8-3-9-23-41)27-17-30-49(53)62(54(43)45)47-28-11-14-32-51(47)68-52-33-15-12-29-48(52)62/h1-37H. The lowest BCUT2D eigenvalue weighted by atomic mass is 9.64. The minimum absolute atomic E-state index is 0.600. The first kappa shape index (κ1) is 38.9. The topological polar surface area (TPSA) is 86.8 Å². The van der Waals surface area contributed by atoms with Crippen LogP contribution in [0.2, 0.25) is 0 Å². The Hall–Kier alpha value is -9.33. The Kier molecular flexibility index (Phi) is 8.66. The zero-order chi connectivity index (χ0) is 45.5. The number of benzene rings is 9. The molecule has 7 nitrogen and oxygen atoms in total. The van der Waals surface area contributed by atoms with Crippen molar-refractivity contribution in [2.75, 3.05) is 0 Å². The van der Waals surface area contributed by atoms with Crippen LogP contribution in [-0.2, 0) is 5.41 Å². The van der Waals surface area contributed by atoms with E-state index in [2.05, 4.69) is 115 Å². The van der Waals surface area contributed by atoms with E-state index in [9.17, 15) is 0 Å². The first-order valence-corrected chi connectivity index (χ1v) is 23.1. The number of hydrogen-bond donors (Lipinski definition) is 0. The average Bonchev–Trinajstić information content (AvgIpc) is 3.95. The van der Waals surface area contributed by atoms with Crippen LogP contribution in [0.25, 0.3) is 101 Å². The van der Waals surface area contributed by atoms with Gasteiger partial charge in [-0.05, 0) is 57.6 Å². The molecule has 1 aliphatic heterocycles. The summed E-state index contributed by atoms with van der Waals surface area (Å²) in [5.41, 5.74) is 15.6. The van der Waals surface area contributed by atoms with Gasteiger partial charge in [-0.2, -0.15) is 0 Å². The second-order valence-corrected chi connectivity index (χ2v) is 17.5. The van der Waals surface area contributed by atoms with E-state index in [1.807, 2.05) is 109 Å². The summed E-state index contributed by atoms with van der Waals surface area (Å²) in [7, 11) is 0. The highest BCUT2D eigenvalue weighted by molar-refractivity contribution is 6.07. The Morgan fingerprint density at radius 2 is 0.826 bits per heavy atom. The molecule has 0 saturated carbocycles. The highest BCUT2D eigenvalue weighted by Crippen LogP contribution is 2.65. The predicted molar refractivity (Wildman–Crippen MR) is 273 cm³/mol. The fourth-order valence-electron chi connectivity index (χ4n) is 10.7. The first-order chi connectivity index (χ1) is 34.2. The number of aromatic nitrogens is 5. The highest BCUT2D eigenvalue weighted by Gasteiger charge is 2.53. The maximum atomic E-state index is 6.79. The SMILES string of the molecule is c1ccc(-c2nc(-c3ccccc3)nc(-c3cccc4c3-c3cccc(-c5ccc(-c6nc(-c7ccccc7)c7oc8ccccc8c7n6)cc5)c3C43c4ccccc4Oc4ccccc43)n2)cc1. The molecule has 0 unspecified atom stereocenters. The summed E-state index contributed by atoms with van der Waals surface area (Å²) in [6, 6.07) is 77.4. The molecule has 14 rings (SSSR count). The van der Waals surface area contributed by atoms with Gasteiger partial charge >= 0.3 is 0 Å². The van der Waals surface area contributed by atoms with Crippen LogP contribution in [0.4, 0.5) is 0 Å². The van der Waals surface area contributed by atoms with Gasteiger partial charge in [-0.15, -0.1) is 0 Å². The molecule has 0 radical (unpaired) electrons. The van der Waals surface area contributed by atoms with Gasteiger partial charge in [-0.25, -0.2) is 24.9 Å². The summed E-state index contributed by atoms with van der Waals surface area (Å²) in [6.07, 6.45) is 0. The van der Waals surface area contributed by atoms with Crippen LogP contribution in [0.3, 0.4) is 0 Å². The van der Waals surface area contributed by atoms with Crippen molar-refractivity contribution in [1.29, 1.82) is 0 Å². The van der Waals surface area contributed by atoms with Crippen LogP contribution in [0, 0.1) is 0 Å². The first-order valence-electron chi connectivity index (χ1n) is 23.1. The van der Waals surface area contributed by atoms with E-state index in [-0.39, 0.29) is 0 Å². The molecular formula is C62H37N5O2. The van der Waals surface area contributed by atoms with Crippen molar-refractivity contribution in [1.82, 2.24) is 24.9 Å². The number of ether oxygens (including phenoxy) is 1. The third-order valence-corrected chi connectivity index (χ3v) is 13.6. The van der Waals surface area contributed by atoms with Crippen molar-refractivity contribution in [3.05, 3.63) is 247 Å². The minimum Gasteiger partial charge on any atom is -0.457 e. The van der Waals surface area contributed by atoms with Crippen LogP contribution in [0.15, 0.2) is 229 Å². The number of para-hydroxylation sites is 3. The van der Waals surface area contributed by atoms with Crippen molar-refractivity contribution in [2.45, 2.75) is 5.41 Å². The molecule has 12 aromatic rings. The van der Waals surface area contributed by atoms with Crippen LogP contribution < -0.4 is 4.74 Å². The fraction of sp³-hybridized carbons (Fsp3) is 0.0161. The Bertz CT molecular complexity index is 3880. The molecule has 69 heavy (non-hydrogen) atoms. The van der Waals surface area contributed by atoms with Gasteiger partial charge in [-0.3, -0.25) is 0 Å². The van der Waals surface area contributed by atoms with E-state index in [1.165, 1.54) is 0 Å². The average molecular weight is 884 g/mol. The fourth-order valence-corrected chi connectivity index (χ4v) is 10.7. The van der Waals surface area contributed by atoms with Crippen molar-refractivity contribution in [2.24, 2.45) is 0 Å². The summed E-state index contributed by atoms with van der Waals surface area (Å²) in [4.78, 5) is 26.0. The minimum atomic E-state index is -0.778. The lowest BCUT2D eigenvalue weighted by Gasteiger charge is -2.40. The number of hydrogen-bond acceptors (Lipinski definition) is 7. The number of furan rings is 1. The molecule has 0 bridgehead atoms. The molecule has 4 heterocycles. The van der Waals surface area contributed by atoms with E-state index < -0.39 is 5.41 Å². The molecule has 0 N–H and O–H groups in total. The Morgan fingerprint density at radius 3 is 1.51 bits per heavy atom. The lowest BCUT2D eigenvalue weighted by Crippen LogP contribution is -2.32. The molecule has 0 fully saturated rings. The molecule has 0 amide bonds. The van der Waals surface area contributed by atoms with Crippen LogP contribution >= 0.6 is 0 Å². The smallest absolute Gasteiger partial charge is 0.180 e. The predicted octanol–water partition coefficient (Wildman–Crippen LogP) is 15.0. The molecule has 0 atom stereocenters. The molecule has 7 heteroatoms. The molecule has 1 spiro atoms. The Morgan fingerprint density at radius 1 is 0.333 bits per heavy atom. The van der Waals surface area contributed by atoms with E-state index in [0.29, 0.717) is 28.9 Å². The zero-order valence-electron chi connectivity index (χ0n) is 36.9. The van der Waals surface area contributed by atoms with Gasteiger partial charge in [0.2, 0.25) is 0 Å². The van der Waals surface area contributed by atoms with Crippen molar-refractivity contribution < 1.29 is 9.15 Å². The molecule has 3 aromatic heterocycles. The lowest BCUT2D eigenvalue weighted by molar-refractivity contribution is 0.436. The van der Waals surface area contributed by atoms with E-state index in [0.717, 1.165) is 106 Å². The highest BCUT2D eigenvalue weighted by atomic mass is 16.5. The van der Waals surface area contributed by atoms with Crippen molar-refractivity contribution in [3.63, 3.8) is 0 Å². The normalized spacial score (nSPS) is 12.9. The number of nitrogens with zero attached hydrogens (tertiary/aromatic N) is 5. The molecule has 322 valence electrons. The number of fused-ring (bicyclic) bond motifs is 12. The third-order valence-electron chi connectivity index (χ3n) is 13.6. The zero-order valence-corrected chi connectivity index (χ0v) is 36.9. The second kappa shape index (κ2) is 15.4. The number of rotatable bonds is 6. The monoisotopic (exact) mass is 883 g/mol. The van der Waals surface area contributed by atoms with E-state index in [4.69, 9.17) is 34.1 Å². The van der Waals surface area contributed by atoms with Gasteiger partial charge in [0, 0.05) is 44.3 Å². The molecule has 2 aliphatic rings. The van der Waals surface area contributed by atoms with Gasteiger partial charge in [0.15, 0.2) is 28.9 Å². The second-order valence-electron chi connectivity index (χ2n) is 17.5. The largest absolute Gasteiger partial charge is 0.457 e. The molecule has 1 aliphatic carbocycles. The quantitative estimate of drug-likeness (QED) is 0.164. The summed E-state index contributed by atoms with van der Waals surface area (Å²) in [5.74, 6) is 4.08. The van der Waals surface area contributed by atoms with Crippen LogP contribution in [0.5, 0.6) is 11.5 Å². The Balaban J connectivity index is 1.00. The molecule has 0 saturated heterocycles. The van der Waals surface area contributed by atoms with Crippen molar-refractivity contribution in [3.8, 4) is 90.6 Å². The summed E-state index contributed by atoms with van der Waals surface area (Å²) in [5, 5.41) is 0.954. The van der Waals surface area contributed by atoms with Gasteiger partial charge in [-0.1, -0.05) is 200 Å². The van der Waals surface area contributed by atoms with Crippen molar-refractivity contribution >= 4 is 22.1 Å². The maximum Gasteiger partial charge on any atom is 0.180 e. The van der Waals surface area contributed by atoms with E-state index in [1.54, 1.807) is 0 Å². The summed E-state index contributed by atoms with van der Waals surface area (Å²) in [6.45, 7) is 0. The summed E-state index contributed by atoms with van der Waals surface area (Å²) >= 11 is 0. The van der Waals surface area contributed by atoms with Gasteiger partial charge in [0.05, 0.1) is 5.41 Å².